The zero-order chi connectivity index (χ0) is 12.0. The predicted octanol–water partition coefficient (Wildman–Crippen LogP) is 2.84. The van der Waals surface area contributed by atoms with Crippen LogP contribution in [0.2, 0.25) is 0 Å². The molecule has 0 aromatic carbocycles. The normalized spacial score (nSPS) is 11.8. The molecule has 86 valence electrons. The van der Waals surface area contributed by atoms with Crippen molar-refractivity contribution in [1.29, 1.82) is 0 Å². The largest absolute Gasteiger partial charge is 0.348 e. The molecule has 1 amide bonds. The summed E-state index contributed by atoms with van der Waals surface area (Å²) < 4.78 is 0. The van der Waals surface area contributed by atoms with Crippen LogP contribution >= 0.6 is 11.3 Å². The highest BCUT2D eigenvalue weighted by Crippen LogP contribution is 2.17. The molecule has 16 heavy (non-hydrogen) atoms. The zero-order valence-electron chi connectivity index (χ0n) is 9.75. The van der Waals surface area contributed by atoms with Crippen molar-refractivity contribution in [2.75, 3.05) is 0 Å². The van der Waals surface area contributed by atoms with Gasteiger partial charge in [0.25, 0.3) is 5.91 Å². The van der Waals surface area contributed by atoms with E-state index < -0.39 is 0 Å². The second-order valence-corrected chi connectivity index (χ2v) is 4.77. The highest BCUT2D eigenvalue weighted by atomic mass is 32.1. The molecule has 1 rings (SSSR count). The number of hydrogen-bond acceptors (Lipinski definition) is 2. The van der Waals surface area contributed by atoms with E-state index in [4.69, 9.17) is 6.42 Å². The lowest BCUT2D eigenvalue weighted by molar-refractivity contribution is 0.0941. The van der Waals surface area contributed by atoms with E-state index >= 15 is 0 Å². The molecular formula is C13H17NOS. The van der Waals surface area contributed by atoms with Gasteiger partial charge in [0, 0.05) is 17.3 Å². The summed E-state index contributed by atoms with van der Waals surface area (Å²) in [6, 6.07) is 3.97. The van der Waals surface area contributed by atoms with Gasteiger partial charge in [0.15, 0.2) is 0 Å². The van der Waals surface area contributed by atoms with Gasteiger partial charge >= 0.3 is 0 Å². The molecule has 0 aliphatic carbocycles. The van der Waals surface area contributed by atoms with E-state index in [-0.39, 0.29) is 11.9 Å². The summed E-state index contributed by atoms with van der Waals surface area (Å²) >= 11 is 1.55. The van der Waals surface area contributed by atoms with Crippen LogP contribution in [0.5, 0.6) is 0 Å². The Morgan fingerprint density at radius 3 is 2.81 bits per heavy atom. The number of nitrogens with one attached hydrogen (secondary N) is 1. The number of amides is 1. The van der Waals surface area contributed by atoms with Gasteiger partial charge in [0.2, 0.25) is 0 Å². The van der Waals surface area contributed by atoms with E-state index in [1.165, 1.54) is 4.88 Å². The van der Waals surface area contributed by atoms with Crippen molar-refractivity contribution < 1.29 is 4.79 Å². The summed E-state index contributed by atoms with van der Waals surface area (Å²) in [6.07, 6.45) is 7.67. The Balaban J connectivity index is 2.61. The second kappa shape index (κ2) is 6.34. The third kappa shape index (κ3) is 3.39. The quantitative estimate of drug-likeness (QED) is 0.781. The van der Waals surface area contributed by atoms with Gasteiger partial charge in [-0.2, -0.15) is 0 Å². The first-order valence-electron chi connectivity index (χ1n) is 5.54. The molecule has 1 N–H and O–H groups in total. The third-order valence-electron chi connectivity index (χ3n) is 2.43. The van der Waals surface area contributed by atoms with Crippen LogP contribution in [-0.2, 0) is 6.42 Å². The number of rotatable bonds is 5. The van der Waals surface area contributed by atoms with Crippen molar-refractivity contribution in [1.82, 2.24) is 5.32 Å². The number of aryl methyl sites for hydroxylation is 1. The fourth-order valence-electron chi connectivity index (χ4n) is 1.39. The smallest absolute Gasteiger partial charge is 0.261 e. The summed E-state index contributed by atoms with van der Waals surface area (Å²) in [7, 11) is 0. The maximum atomic E-state index is 11.8. The molecule has 2 nitrogen and oxygen atoms in total. The maximum Gasteiger partial charge on any atom is 0.261 e. The van der Waals surface area contributed by atoms with Crippen LogP contribution in [0.1, 0.15) is 41.2 Å². The standard InChI is InChI=1S/C13H17NOS/c1-4-7-10(5-2)14-13(15)12-9-8-11(6-3)16-12/h1,8-10H,5-7H2,2-3H3,(H,14,15). The molecule has 0 saturated carbocycles. The van der Waals surface area contributed by atoms with Gasteiger partial charge < -0.3 is 5.32 Å². The zero-order valence-corrected chi connectivity index (χ0v) is 10.6. The molecule has 0 saturated heterocycles. The summed E-state index contributed by atoms with van der Waals surface area (Å²) in [6.45, 7) is 4.11. The number of terminal acetylenes is 1. The molecule has 1 aromatic rings. The number of carbonyl (C=O) groups is 1. The summed E-state index contributed by atoms with van der Waals surface area (Å²) in [5.41, 5.74) is 0. The Bertz CT molecular complexity index is 389. The minimum Gasteiger partial charge on any atom is -0.348 e. The first-order chi connectivity index (χ1) is 7.71. The van der Waals surface area contributed by atoms with E-state index in [2.05, 4.69) is 18.2 Å². The summed E-state index contributed by atoms with van der Waals surface area (Å²) in [5, 5.41) is 2.95. The molecule has 3 heteroatoms. The molecular weight excluding hydrogens is 218 g/mol. The van der Waals surface area contributed by atoms with E-state index in [1.807, 2.05) is 19.1 Å². The molecule has 0 fully saturated rings. The van der Waals surface area contributed by atoms with Gasteiger partial charge in [0.05, 0.1) is 4.88 Å². The van der Waals surface area contributed by atoms with E-state index in [0.717, 1.165) is 17.7 Å². The van der Waals surface area contributed by atoms with Crippen LogP contribution in [0.4, 0.5) is 0 Å². The van der Waals surface area contributed by atoms with Crippen molar-refractivity contribution in [3.8, 4) is 12.3 Å². The van der Waals surface area contributed by atoms with Gasteiger partial charge in [-0.1, -0.05) is 13.8 Å². The summed E-state index contributed by atoms with van der Waals surface area (Å²) in [5.74, 6) is 2.57. The van der Waals surface area contributed by atoms with Crippen LogP contribution < -0.4 is 5.32 Å². The van der Waals surface area contributed by atoms with Crippen LogP contribution in [0.25, 0.3) is 0 Å². The Morgan fingerprint density at radius 2 is 2.31 bits per heavy atom. The van der Waals surface area contributed by atoms with Crippen LogP contribution in [-0.4, -0.2) is 11.9 Å². The SMILES string of the molecule is C#CCC(CC)NC(=O)c1ccc(CC)s1. The lowest BCUT2D eigenvalue weighted by Crippen LogP contribution is -2.33. The Morgan fingerprint density at radius 1 is 1.56 bits per heavy atom. The van der Waals surface area contributed by atoms with Gasteiger partial charge in [-0.3, -0.25) is 4.79 Å². The van der Waals surface area contributed by atoms with Crippen molar-refractivity contribution in [2.45, 2.75) is 39.2 Å². The minimum atomic E-state index is -0.00759. The van der Waals surface area contributed by atoms with Gasteiger partial charge in [0.1, 0.15) is 0 Å². The van der Waals surface area contributed by atoms with Crippen LogP contribution in [0.15, 0.2) is 12.1 Å². The third-order valence-corrected chi connectivity index (χ3v) is 3.65. The first-order valence-corrected chi connectivity index (χ1v) is 6.35. The molecule has 0 aliphatic rings. The van der Waals surface area contributed by atoms with Crippen LogP contribution in [0.3, 0.4) is 0 Å². The fourth-order valence-corrected chi connectivity index (χ4v) is 2.24. The minimum absolute atomic E-state index is 0.00759. The van der Waals surface area contributed by atoms with Crippen molar-refractivity contribution >= 4 is 17.2 Å². The average Bonchev–Trinajstić information content (AvgIpc) is 2.76. The first kappa shape index (κ1) is 12.8. The molecule has 0 radical (unpaired) electrons. The van der Waals surface area contributed by atoms with Gasteiger partial charge in [-0.05, 0) is 25.0 Å². The van der Waals surface area contributed by atoms with Crippen molar-refractivity contribution in [3.05, 3.63) is 21.9 Å². The van der Waals surface area contributed by atoms with E-state index in [0.29, 0.717) is 6.42 Å². The predicted molar refractivity (Wildman–Crippen MR) is 68.7 cm³/mol. The average molecular weight is 235 g/mol. The molecule has 0 aliphatic heterocycles. The Kier molecular flexibility index (Phi) is 5.07. The Hall–Kier alpha value is -1.27. The van der Waals surface area contributed by atoms with Gasteiger partial charge in [-0.15, -0.1) is 23.7 Å². The topological polar surface area (TPSA) is 29.1 Å². The lowest BCUT2D eigenvalue weighted by Gasteiger charge is -2.12. The van der Waals surface area contributed by atoms with Gasteiger partial charge in [-0.25, -0.2) is 0 Å². The fraction of sp³-hybridized carbons (Fsp3) is 0.462. The molecule has 1 heterocycles. The second-order valence-electron chi connectivity index (χ2n) is 3.61. The highest BCUT2D eigenvalue weighted by Gasteiger charge is 2.12. The molecule has 0 spiro atoms. The number of thiophene rings is 1. The molecule has 1 atom stereocenters. The molecule has 0 bridgehead atoms. The van der Waals surface area contributed by atoms with E-state index in [1.54, 1.807) is 11.3 Å². The highest BCUT2D eigenvalue weighted by molar-refractivity contribution is 7.14. The summed E-state index contributed by atoms with van der Waals surface area (Å²) in [4.78, 5) is 13.9. The van der Waals surface area contributed by atoms with E-state index in [9.17, 15) is 4.79 Å². The van der Waals surface area contributed by atoms with Crippen LogP contribution in [0, 0.1) is 12.3 Å². The van der Waals surface area contributed by atoms with Crippen molar-refractivity contribution in [2.24, 2.45) is 0 Å². The maximum absolute atomic E-state index is 11.8. The Labute approximate surface area is 101 Å². The number of carbonyl (C=O) groups excluding carboxylic acids is 1. The monoisotopic (exact) mass is 235 g/mol. The number of hydrogen-bond donors (Lipinski definition) is 1. The van der Waals surface area contributed by atoms with Crippen molar-refractivity contribution in [3.63, 3.8) is 0 Å². The molecule has 1 unspecified atom stereocenters. The lowest BCUT2D eigenvalue weighted by atomic mass is 10.1. The molecule has 1 aromatic heterocycles.